The molecule has 110 valence electrons. The van der Waals surface area contributed by atoms with E-state index < -0.39 is 22.4 Å². The molecule has 0 aliphatic heterocycles. The molecule has 0 N–H and O–H groups in total. The van der Waals surface area contributed by atoms with Gasteiger partial charge in [0.15, 0.2) is 0 Å². The van der Waals surface area contributed by atoms with Crippen LogP contribution in [0, 0.1) is 10.1 Å². The largest absolute Gasteiger partial charge is 0.476 e. The predicted molar refractivity (Wildman–Crippen MR) is 67.9 cm³/mol. The average molecular weight is 298 g/mol. The van der Waals surface area contributed by atoms with Gasteiger partial charge in [-0.15, -0.1) is 0 Å². The Kier molecular flexibility index (Phi) is 3.79. The van der Waals surface area contributed by atoms with Gasteiger partial charge in [-0.05, 0) is 11.6 Å². The number of aromatic nitrogens is 1. The van der Waals surface area contributed by atoms with Gasteiger partial charge in [0, 0.05) is 17.8 Å². The van der Waals surface area contributed by atoms with Crippen LogP contribution in [0.3, 0.4) is 0 Å². The van der Waals surface area contributed by atoms with Crippen LogP contribution in [0.5, 0.6) is 5.88 Å². The van der Waals surface area contributed by atoms with Crippen molar-refractivity contribution in [3.05, 3.63) is 52.2 Å². The molecule has 2 rings (SSSR count). The Morgan fingerprint density at radius 2 is 1.95 bits per heavy atom. The molecule has 21 heavy (non-hydrogen) atoms. The number of alkyl halides is 3. The Labute approximate surface area is 117 Å². The van der Waals surface area contributed by atoms with Crippen LogP contribution < -0.4 is 4.74 Å². The van der Waals surface area contributed by atoms with Crippen molar-refractivity contribution in [2.75, 3.05) is 7.11 Å². The summed E-state index contributed by atoms with van der Waals surface area (Å²) < 4.78 is 43.6. The normalized spacial score (nSPS) is 11.2. The number of hydrogen-bond donors (Lipinski definition) is 0. The van der Waals surface area contributed by atoms with Crippen LogP contribution in [0.2, 0.25) is 0 Å². The number of nitrogens with zero attached hydrogens (tertiary/aromatic N) is 2. The number of methoxy groups -OCH3 is 1. The zero-order valence-electron chi connectivity index (χ0n) is 10.7. The summed E-state index contributed by atoms with van der Waals surface area (Å²) in [7, 11) is 1.19. The van der Waals surface area contributed by atoms with E-state index >= 15 is 0 Å². The fourth-order valence-electron chi connectivity index (χ4n) is 1.86. The Morgan fingerprint density at radius 3 is 2.52 bits per heavy atom. The Balaban J connectivity index is 2.63. The third-order valence-corrected chi connectivity index (χ3v) is 2.77. The van der Waals surface area contributed by atoms with E-state index in [0.29, 0.717) is 0 Å². The second-order valence-corrected chi connectivity index (χ2v) is 4.05. The molecule has 0 fully saturated rings. The highest BCUT2D eigenvalue weighted by Crippen LogP contribution is 2.38. The van der Waals surface area contributed by atoms with Gasteiger partial charge < -0.3 is 4.74 Å². The number of benzene rings is 1. The first kappa shape index (κ1) is 14.8. The van der Waals surface area contributed by atoms with E-state index in [2.05, 4.69) is 4.98 Å². The fraction of sp³-hybridized carbons (Fsp3) is 0.154. The van der Waals surface area contributed by atoms with Gasteiger partial charge in [-0.2, -0.15) is 13.2 Å². The van der Waals surface area contributed by atoms with Crippen molar-refractivity contribution in [2.24, 2.45) is 0 Å². The van der Waals surface area contributed by atoms with E-state index in [1.54, 1.807) is 0 Å². The molecule has 0 bridgehead atoms. The SMILES string of the molecule is COc1ncc(-c2ccccc2C(F)(F)F)cc1[N+](=O)[O-]. The van der Waals surface area contributed by atoms with Crippen molar-refractivity contribution >= 4 is 5.69 Å². The zero-order valence-corrected chi connectivity index (χ0v) is 10.7. The lowest BCUT2D eigenvalue weighted by atomic mass is 10.0. The number of pyridine rings is 1. The first-order chi connectivity index (χ1) is 9.84. The topological polar surface area (TPSA) is 65.3 Å². The molecule has 1 aromatic carbocycles. The minimum Gasteiger partial charge on any atom is -0.476 e. The van der Waals surface area contributed by atoms with E-state index in [4.69, 9.17) is 4.74 Å². The van der Waals surface area contributed by atoms with Crippen LogP contribution in [-0.2, 0) is 6.18 Å². The standard InChI is InChI=1S/C13H9F3N2O3/c1-21-12-11(18(19)20)6-8(7-17-12)9-4-2-3-5-10(9)13(14,15)16/h2-7H,1H3. The first-order valence-corrected chi connectivity index (χ1v) is 5.69. The van der Waals surface area contributed by atoms with E-state index in [9.17, 15) is 23.3 Å². The minimum absolute atomic E-state index is 0.00424. The van der Waals surface area contributed by atoms with Crippen LogP contribution in [0.15, 0.2) is 36.5 Å². The lowest BCUT2D eigenvalue weighted by molar-refractivity contribution is -0.386. The number of rotatable bonds is 3. The van der Waals surface area contributed by atoms with Gasteiger partial charge in [0.2, 0.25) is 0 Å². The lowest BCUT2D eigenvalue weighted by Crippen LogP contribution is -2.07. The summed E-state index contributed by atoms with van der Waals surface area (Å²) in [6.45, 7) is 0. The predicted octanol–water partition coefficient (Wildman–Crippen LogP) is 3.68. The summed E-state index contributed by atoms with van der Waals surface area (Å²) in [5.74, 6) is -0.256. The Morgan fingerprint density at radius 1 is 1.29 bits per heavy atom. The number of hydrogen-bond acceptors (Lipinski definition) is 4. The van der Waals surface area contributed by atoms with Crippen LogP contribution in [-0.4, -0.2) is 17.0 Å². The third-order valence-electron chi connectivity index (χ3n) is 2.77. The van der Waals surface area contributed by atoms with Gasteiger partial charge >= 0.3 is 11.9 Å². The molecule has 0 unspecified atom stereocenters. The van der Waals surface area contributed by atoms with Crippen molar-refractivity contribution in [3.8, 4) is 17.0 Å². The third kappa shape index (κ3) is 2.93. The molecule has 0 saturated carbocycles. The van der Waals surface area contributed by atoms with Gasteiger partial charge in [0.25, 0.3) is 5.88 Å². The molecule has 1 aromatic heterocycles. The molecule has 0 spiro atoms. The molecular formula is C13H9F3N2O3. The van der Waals surface area contributed by atoms with Gasteiger partial charge in [-0.1, -0.05) is 18.2 Å². The summed E-state index contributed by atoms with van der Waals surface area (Å²) in [4.78, 5) is 13.8. The quantitative estimate of drug-likeness (QED) is 0.640. The second kappa shape index (κ2) is 5.39. The van der Waals surface area contributed by atoms with Crippen LogP contribution in [0.1, 0.15) is 5.56 Å². The molecule has 0 aliphatic rings. The molecule has 0 saturated heterocycles. The molecule has 5 nitrogen and oxygen atoms in total. The molecule has 1 heterocycles. The van der Waals surface area contributed by atoms with Crippen molar-refractivity contribution in [3.63, 3.8) is 0 Å². The molecule has 2 aromatic rings. The van der Waals surface area contributed by atoms with E-state index in [1.165, 1.54) is 25.3 Å². The molecule has 0 atom stereocenters. The highest BCUT2D eigenvalue weighted by Gasteiger charge is 2.33. The van der Waals surface area contributed by atoms with Crippen molar-refractivity contribution in [1.82, 2.24) is 4.98 Å². The summed E-state index contributed by atoms with van der Waals surface area (Å²) in [5.41, 5.74) is -1.56. The molecule has 0 amide bonds. The molecule has 0 aliphatic carbocycles. The summed E-state index contributed by atoms with van der Waals surface area (Å²) in [6.07, 6.45) is -3.46. The monoisotopic (exact) mass is 298 g/mol. The zero-order chi connectivity index (χ0) is 15.6. The maximum Gasteiger partial charge on any atom is 0.417 e. The van der Waals surface area contributed by atoms with Crippen molar-refractivity contribution < 1.29 is 22.8 Å². The van der Waals surface area contributed by atoms with Gasteiger partial charge in [-0.3, -0.25) is 10.1 Å². The first-order valence-electron chi connectivity index (χ1n) is 5.69. The number of ether oxygens (including phenoxy) is 1. The highest BCUT2D eigenvalue weighted by atomic mass is 19.4. The maximum absolute atomic E-state index is 13.0. The summed E-state index contributed by atoms with van der Waals surface area (Å²) >= 11 is 0. The summed E-state index contributed by atoms with van der Waals surface area (Å²) in [6, 6.07) is 5.82. The molecular weight excluding hydrogens is 289 g/mol. The fourth-order valence-corrected chi connectivity index (χ4v) is 1.86. The van der Waals surface area contributed by atoms with Crippen molar-refractivity contribution in [1.29, 1.82) is 0 Å². The van der Waals surface area contributed by atoms with Gasteiger partial charge in [-0.25, -0.2) is 4.98 Å². The van der Waals surface area contributed by atoms with Crippen LogP contribution in [0.4, 0.5) is 18.9 Å². The minimum atomic E-state index is -4.56. The molecule has 0 radical (unpaired) electrons. The van der Waals surface area contributed by atoms with Gasteiger partial charge in [0.1, 0.15) is 0 Å². The van der Waals surface area contributed by atoms with E-state index in [-0.39, 0.29) is 17.0 Å². The van der Waals surface area contributed by atoms with E-state index in [0.717, 1.165) is 18.3 Å². The number of halogens is 3. The Hall–Kier alpha value is -2.64. The maximum atomic E-state index is 13.0. The molecule has 8 heteroatoms. The van der Waals surface area contributed by atoms with E-state index in [1.807, 2.05) is 0 Å². The van der Waals surface area contributed by atoms with Gasteiger partial charge in [0.05, 0.1) is 17.6 Å². The smallest absolute Gasteiger partial charge is 0.417 e. The second-order valence-electron chi connectivity index (χ2n) is 4.05. The Bertz CT molecular complexity index is 687. The van der Waals surface area contributed by atoms with Crippen LogP contribution in [0.25, 0.3) is 11.1 Å². The van der Waals surface area contributed by atoms with Crippen LogP contribution >= 0.6 is 0 Å². The highest BCUT2D eigenvalue weighted by molar-refractivity contribution is 5.70. The summed E-state index contributed by atoms with van der Waals surface area (Å²) in [5, 5.41) is 10.9. The number of nitro groups is 1. The average Bonchev–Trinajstić information content (AvgIpc) is 2.45. The lowest BCUT2D eigenvalue weighted by Gasteiger charge is -2.12. The van der Waals surface area contributed by atoms with Crippen molar-refractivity contribution in [2.45, 2.75) is 6.18 Å².